The molecule has 0 atom stereocenters. The van der Waals surface area contributed by atoms with Gasteiger partial charge in [0.1, 0.15) is 0 Å². The smallest absolute Gasteiger partial charge is 0.159 e. The fourth-order valence-corrected chi connectivity index (χ4v) is 5.53. The van der Waals surface area contributed by atoms with E-state index in [1.807, 2.05) is 0 Å². The predicted octanol–water partition coefficient (Wildman–Crippen LogP) is 9.84. The second-order valence-electron chi connectivity index (χ2n) is 10.9. The molecule has 4 rings (SSSR count). The van der Waals surface area contributed by atoms with Gasteiger partial charge in [0.15, 0.2) is 11.6 Å². The number of aromatic nitrogens is 2. The molecule has 198 valence electrons. The molecule has 3 heteroatoms. The van der Waals surface area contributed by atoms with E-state index in [2.05, 4.69) is 65.4 Å². The van der Waals surface area contributed by atoms with Gasteiger partial charge in [-0.25, -0.2) is 9.97 Å². The molecule has 1 heterocycles. The summed E-state index contributed by atoms with van der Waals surface area (Å²) in [5.74, 6) is 2.53. The van der Waals surface area contributed by atoms with Gasteiger partial charge in [0.05, 0.1) is 19.0 Å². The summed E-state index contributed by atoms with van der Waals surface area (Å²) in [7, 11) is 0. The molecule has 0 unspecified atom stereocenters. The van der Waals surface area contributed by atoms with E-state index in [9.17, 15) is 0 Å². The van der Waals surface area contributed by atoms with Crippen molar-refractivity contribution in [2.75, 3.05) is 6.61 Å². The molecule has 1 aromatic heterocycles. The monoisotopic (exact) mass is 498 g/mol. The third-order valence-corrected chi connectivity index (χ3v) is 7.88. The van der Waals surface area contributed by atoms with Gasteiger partial charge in [0.25, 0.3) is 0 Å². The number of aryl methyl sites for hydroxylation is 1. The van der Waals surface area contributed by atoms with Crippen molar-refractivity contribution in [3.05, 3.63) is 66.5 Å². The average Bonchev–Trinajstić information content (AvgIpc) is 3.47. The third kappa shape index (κ3) is 9.29. The first-order chi connectivity index (χ1) is 18.3. The van der Waals surface area contributed by atoms with Gasteiger partial charge < -0.3 is 4.74 Å². The molecule has 0 amide bonds. The van der Waals surface area contributed by atoms with Gasteiger partial charge in [-0.2, -0.15) is 0 Å². The molecule has 3 nitrogen and oxygen atoms in total. The van der Waals surface area contributed by atoms with Gasteiger partial charge in [0.2, 0.25) is 0 Å². The highest BCUT2D eigenvalue weighted by atomic mass is 16.5. The zero-order valence-electron chi connectivity index (χ0n) is 23.0. The molecule has 2 aromatic carbocycles. The fourth-order valence-electron chi connectivity index (χ4n) is 5.53. The van der Waals surface area contributed by atoms with E-state index in [1.54, 1.807) is 12.4 Å². The lowest BCUT2D eigenvalue weighted by molar-refractivity contribution is 0.301. The number of hydrogen-bond donors (Lipinski definition) is 0. The lowest BCUT2D eigenvalue weighted by Crippen LogP contribution is -1.99. The Morgan fingerprint density at radius 3 is 1.97 bits per heavy atom. The van der Waals surface area contributed by atoms with Crippen LogP contribution in [-0.2, 0) is 6.42 Å². The minimum atomic E-state index is 0.739. The standard InChI is InChI=1S/C34H46N2O/c1-2-3-4-8-14-29-17-19-30(20-18-29)31-21-23-32(24-22-31)34-35-26-33(27-36-34)37-25-12-7-5-6-9-13-28-15-10-11-16-28/h17-24,26-28H,2-16,25H2,1H3. The first kappa shape index (κ1) is 27.4. The molecule has 1 fully saturated rings. The lowest BCUT2D eigenvalue weighted by Gasteiger charge is -2.09. The first-order valence-electron chi connectivity index (χ1n) is 15.0. The number of rotatable bonds is 16. The Morgan fingerprint density at radius 2 is 1.27 bits per heavy atom. The van der Waals surface area contributed by atoms with E-state index in [-0.39, 0.29) is 0 Å². The molecule has 1 saturated carbocycles. The van der Waals surface area contributed by atoms with Gasteiger partial charge >= 0.3 is 0 Å². The number of benzene rings is 2. The summed E-state index contributed by atoms with van der Waals surface area (Å²) in [4.78, 5) is 9.09. The molecule has 0 radical (unpaired) electrons. The topological polar surface area (TPSA) is 35.0 Å². The molecule has 0 bridgehead atoms. The number of ether oxygens (including phenoxy) is 1. The highest BCUT2D eigenvalue weighted by Crippen LogP contribution is 2.29. The quantitative estimate of drug-likeness (QED) is 0.184. The Labute approximate surface area is 225 Å². The largest absolute Gasteiger partial charge is 0.490 e. The summed E-state index contributed by atoms with van der Waals surface area (Å²) >= 11 is 0. The van der Waals surface area contributed by atoms with Crippen molar-refractivity contribution in [2.24, 2.45) is 5.92 Å². The van der Waals surface area contributed by atoms with Crippen LogP contribution in [0.2, 0.25) is 0 Å². The van der Waals surface area contributed by atoms with Crippen LogP contribution in [0.15, 0.2) is 60.9 Å². The molecule has 0 N–H and O–H groups in total. The van der Waals surface area contributed by atoms with E-state index < -0.39 is 0 Å². The van der Waals surface area contributed by atoms with E-state index in [0.29, 0.717) is 0 Å². The van der Waals surface area contributed by atoms with Crippen LogP contribution in [0.4, 0.5) is 0 Å². The summed E-state index contributed by atoms with van der Waals surface area (Å²) in [5.41, 5.74) is 4.93. The molecular formula is C34H46N2O. The Balaban J connectivity index is 1.15. The van der Waals surface area contributed by atoms with Crippen LogP contribution in [0.5, 0.6) is 5.75 Å². The van der Waals surface area contributed by atoms with Crippen LogP contribution >= 0.6 is 0 Å². The van der Waals surface area contributed by atoms with Crippen molar-refractivity contribution < 1.29 is 4.74 Å². The minimum absolute atomic E-state index is 0.739. The fraction of sp³-hybridized carbons (Fsp3) is 0.529. The molecule has 0 aliphatic heterocycles. The Morgan fingerprint density at radius 1 is 0.676 bits per heavy atom. The number of nitrogens with zero attached hydrogens (tertiary/aromatic N) is 2. The van der Waals surface area contributed by atoms with Gasteiger partial charge in [-0.15, -0.1) is 0 Å². The van der Waals surface area contributed by atoms with Crippen LogP contribution in [0.25, 0.3) is 22.5 Å². The van der Waals surface area contributed by atoms with Crippen LogP contribution < -0.4 is 4.74 Å². The molecule has 0 saturated heterocycles. The molecule has 37 heavy (non-hydrogen) atoms. The normalized spacial score (nSPS) is 13.8. The molecule has 0 spiro atoms. The summed E-state index contributed by atoms with van der Waals surface area (Å²) in [6.07, 6.45) is 23.8. The SMILES string of the molecule is CCCCCCc1ccc(-c2ccc(-c3ncc(OCCCCCCCC4CCCC4)cn3)cc2)cc1. The molecular weight excluding hydrogens is 452 g/mol. The van der Waals surface area contributed by atoms with Crippen LogP contribution in [0.1, 0.15) is 102 Å². The van der Waals surface area contributed by atoms with Gasteiger partial charge in [0, 0.05) is 5.56 Å². The summed E-state index contributed by atoms with van der Waals surface area (Å²) < 4.78 is 5.88. The Kier molecular flexibility index (Phi) is 11.5. The first-order valence-corrected chi connectivity index (χ1v) is 15.0. The van der Waals surface area contributed by atoms with E-state index in [4.69, 9.17) is 4.74 Å². The third-order valence-electron chi connectivity index (χ3n) is 7.88. The summed E-state index contributed by atoms with van der Waals surface area (Å²) in [6.45, 7) is 3.01. The van der Waals surface area contributed by atoms with Crippen molar-refractivity contribution >= 4 is 0 Å². The lowest BCUT2D eigenvalue weighted by atomic mass is 9.99. The van der Waals surface area contributed by atoms with Crippen molar-refractivity contribution in [2.45, 2.75) is 103 Å². The van der Waals surface area contributed by atoms with Gasteiger partial charge in [-0.05, 0) is 41.9 Å². The number of hydrogen-bond acceptors (Lipinski definition) is 3. The van der Waals surface area contributed by atoms with Crippen molar-refractivity contribution in [1.82, 2.24) is 9.97 Å². The van der Waals surface area contributed by atoms with Gasteiger partial charge in [-0.3, -0.25) is 0 Å². The van der Waals surface area contributed by atoms with Crippen LogP contribution in [0.3, 0.4) is 0 Å². The summed E-state index contributed by atoms with van der Waals surface area (Å²) in [5, 5.41) is 0. The van der Waals surface area contributed by atoms with Crippen LogP contribution in [0, 0.1) is 5.92 Å². The van der Waals surface area contributed by atoms with Crippen molar-refractivity contribution in [3.8, 4) is 28.3 Å². The molecule has 3 aromatic rings. The van der Waals surface area contributed by atoms with Crippen molar-refractivity contribution in [1.29, 1.82) is 0 Å². The second-order valence-corrected chi connectivity index (χ2v) is 10.9. The maximum atomic E-state index is 5.88. The molecule has 1 aliphatic carbocycles. The Hall–Kier alpha value is -2.68. The average molecular weight is 499 g/mol. The maximum Gasteiger partial charge on any atom is 0.159 e. The van der Waals surface area contributed by atoms with E-state index in [1.165, 1.54) is 107 Å². The van der Waals surface area contributed by atoms with E-state index >= 15 is 0 Å². The van der Waals surface area contributed by atoms with Crippen LogP contribution in [-0.4, -0.2) is 16.6 Å². The highest BCUT2D eigenvalue weighted by molar-refractivity contribution is 5.67. The Bertz CT molecular complexity index is 1010. The second kappa shape index (κ2) is 15.5. The maximum absolute atomic E-state index is 5.88. The zero-order chi connectivity index (χ0) is 25.5. The van der Waals surface area contributed by atoms with E-state index in [0.717, 1.165) is 36.1 Å². The summed E-state index contributed by atoms with van der Waals surface area (Å²) in [6, 6.07) is 17.6. The van der Waals surface area contributed by atoms with Crippen molar-refractivity contribution in [3.63, 3.8) is 0 Å². The minimum Gasteiger partial charge on any atom is -0.490 e. The predicted molar refractivity (Wildman–Crippen MR) is 156 cm³/mol. The highest BCUT2D eigenvalue weighted by Gasteiger charge is 2.13. The molecule has 1 aliphatic rings. The van der Waals surface area contributed by atoms with Gasteiger partial charge in [-0.1, -0.05) is 133 Å². The number of unbranched alkanes of at least 4 members (excludes halogenated alkanes) is 7. The zero-order valence-corrected chi connectivity index (χ0v) is 23.0.